The van der Waals surface area contributed by atoms with E-state index in [1.807, 2.05) is 66.7 Å². The first kappa shape index (κ1) is 14.0. The summed E-state index contributed by atoms with van der Waals surface area (Å²) in [6.07, 6.45) is 0. The molecule has 0 spiro atoms. The van der Waals surface area contributed by atoms with Crippen LogP contribution in [0.4, 0.5) is 5.95 Å². The van der Waals surface area contributed by atoms with E-state index >= 15 is 0 Å². The number of fused-ring (bicyclic) bond motifs is 1. The molecule has 4 rings (SSSR count). The van der Waals surface area contributed by atoms with E-state index in [-0.39, 0.29) is 5.95 Å². The number of hydrogen-bond donors (Lipinski definition) is 1. The Labute approximate surface area is 138 Å². The molecule has 2 aromatic heterocycles. The Bertz CT molecular complexity index is 1060. The molecule has 0 saturated carbocycles. The van der Waals surface area contributed by atoms with Crippen LogP contribution < -0.4 is 5.73 Å². The molecule has 5 nitrogen and oxygen atoms in total. The van der Waals surface area contributed by atoms with Gasteiger partial charge in [0.1, 0.15) is 0 Å². The maximum Gasteiger partial charge on any atom is 0.225 e. The highest BCUT2D eigenvalue weighted by Gasteiger charge is 2.09. The van der Waals surface area contributed by atoms with Crippen LogP contribution in [0.1, 0.15) is 11.4 Å². The first-order valence-electron chi connectivity index (χ1n) is 7.45. The van der Waals surface area contributed by atoms with Gasteiger partial charge >= 0.3 is 0 Å². The van der Waals surface area contributed by atoms with E-state index in [9.17, 15) is 0 Å². The first-order valence-corrected chi connectivity index (χ1v) is 7.45. The maximum atomic E-state index is 6.00. The normalized spacial score (nSPS) is 10.3. The fourth-order valence-corrected chi connectivity index (χ4v) is 2.36. The lowest BCUT2D eigenvalue weighted by Crippen LogP contribution is -2.05. The standard InChI is InChI=1S/C19H13N5/c20-19-22-17(12-11-14-7-3-1-4-8-14)21-18-13-16(23-24(18)19)15-9-5-2-6-10-15/h1-10,13H,(H2,20,21,22). The summed E-state index contributed by atoms with van der Waals surface area (Å²) in [4.78, 5) is 8.65. The summed E-state index contributed by atoms with van der Waals surface area (Å²) < 4.78 is 1.52. The zero-order valence-electron chi connectivity index (χ0n) is 12.7. The molecule has 0 radical (unpaired) electrons. The van der Waals surface area contributed by atoms with Gasteiger partial charge in [-0.3, -0.25) is 0 Å². The van der Waals surface area contributed by atoms with E-state index in [4.69, 9.17) is 5.73 Å². The Balaban J connectivity index is 1.76. The molecule has 24 heavy (non-hydrogen) atoms. The van der Waals surface area contributed by atoms with Gasteiger partial charge in [-0.05, 0) is 18.1 Å². The fraction of sp³-hybridized carbons (Fsp3) is 0. The Hall–Kier alpha value is -3.65. The fourth-order valence-electron chi connectivity index (χ4n) is 2.36. The van der Waals surface area contributed by atoms with Crippen molar-refractivity contribution in [2.75, 3.05) is 5.73 Å². The summed E-state index contributed by atoms with van der Waals surface area (Å²) in [5, 5.41) is 4.46. The molecular formula is C19H13N5. The van der Waals surface area contributed by atoms with Crippen LogP contribution in [0, 0.1) is 11.8 Å². The average Bonchev–Trinajstić information content (AvgIpc) is 3.06. The molecule has 0 atom stereocenters. The largest absolute Gasteiger partial charge is 0.368 e. The number of rotatable bonds is 1. The Morgan fingerprint density at radius 1 is 0.833 bits per heavy atom. The number of aromatic nitrogens is 4. The lowest BCUT2D eigenvalue weighted by Gasteiger charge is -1.97. The summed E-state index contributed by atoms with van der Waals surface area (Å²) in [5.74, 6) is 6.62. The van der Waals surface area contributed by atoms with Gasteiger partial charge in [0, 0.05) is 17.2 Å². The lowest BCUT2D eigenvalue weighted by atomic mass is 10.2. The molecule has 0 fully saturated rings. The minimum absolute atomic E-state index is 0.263. The average molecular weight is 311 g/mol. The van der Waals surface area contributed by atoms with Crippen molar-refractivity contribution in [2.24, 2.45) is 0 Å². The first-order chi connectivity index (χ1) is 11.8. The molecule has 2 heterocycles. The Morgan fingerprint density at radius 2 is 1.54 bits per heavy atom. The van der Waals surface area contributed by atoms with Crippen LogP contribution in [-0.4, -0.2) is 19.6 Å². The number of nitrogen functional groups attached to an aromatic ring is 1. The SMILES string of the molecule is Nc1nc(C#Cc2ccccc2)nc2cc(-c3ccccc3)nn12. The lowest BCUT2D eigenvalue weighted by molar-refractivity contribution is 0.905. The molecule has 0 unspecified atom stereocenters. The van der Waals surface area contributed by atoms with Gasteiger partial charge in [0.25, 0.3) is 0 Å². The van der Waals surface area contributed by atoms with Gasteiger partial charge in [-0.1, -0.05) is 54.5 Å². The number of anilines is 1. The minimum atomic E-state index is 0.263. The Morgan fingerprint density at radius 3 is 2.29 bits per heavy atom. The van der Waals surface area contributed by atoms with Crippen LogP contribution in [0.5, 0.6) is 0 Å². The summed E-state index contributed by atoms with van der Waals surface area (Å²) in [5.41, 5.74) is 9.32. The summed E-state index contributed by atoms with van der Waals surface area (Å²) in [6, 6.07) is 21.4. The van der Waals surface area contributed by atoms with Gasteiger partial charge in [-0.15, -0.1) is 0 Å². The molecule has 0 aliphatic carbocycles. The van der Waals surface area contributed by atoms with Crippen LogP contribution in [0.25, 0.3) is 16.9 Å². The summed E-state index contributed by atoms with van der Waals surface area (Å²) in [7, 11) is 0. The molecule has 0 aliphatic heterocycles. The van der Waals surface area contributed by atoms with Gasteiger partial charge in [-0.25, -0.2) is 4.98 Å². The third-order valence-corrected chi connectivity index (χ3v) is 3.51. The molecule has 2 N–H and O–H groups in total. The smallest absolute Gasteiger partial charge is 0.225 e. The molecule has 0 amide bonds. The molecule has 114 valence electrons. The topological polar surface area (TPSA) is 69.1 Å². The molecular weight excluding hydrogens is 298 g/mol. The summed E-state index contributed by atoms with van der Waals surface area (Å²) >= 11 is 0. The van der Waals surface area contributed by atoms with Crippen LogP contribution in [-0.2, 0) is 0 Å². The predicted octanol–water partition coefficient (Wildman–Crippen LogP) is 2.77. The molecule has 5 heteroatoms. The highest BCUT2D eigenvalue weighted by molar-refractivity contribution is 5.65. The second kappa shape index (κ2) is 5.86. The number of nitrogens with two attached hydrogens (primary N) is 1. The van der Waals surface area contributed by atoms with E-state index < -0.39 is 0 Å². The van der Waals surface area contributed by atoms with Gasteiger partial charge in [0.15, 0.2) is 5.65 Å². The molecule has 2 aromatic carbocycles. The monoisotopic (exact) mass is 311 g/mol. The van der Waals surface area contributed by atoms with Crippen molar-refractivity contribution in [3.8, 4) is 23.1 Å². The van der Waals surface area contributed by atoms with E-state index in [0.717, 1.165) is 16.8 Å². The second-order valence-electron chi connectivity index (χ2n) is 5.19. The molecule has 0 bridgehead atoms. The third kappa shape index (κ3) is 2.69. The van der Waals surface area contributed by atoms with Gasteiger partial charge in [0.2, 0.25) is 11.8 Å². The zero-order chi connectivity index (χ0) is 16.4. The van der Waals surface area contributed by atoms with E-state index in [0.29, 0.717) is 11.5 Å². The highest BCUT2D eigenvalue weighted by Crippen LogP contribution is 2.19. The minimum Gasteiger partial charge on any atom is -0.368 e. The predicted molar refractivity (Wildman–Crippen MR) is 93.1 cm³/mol. The van der Waals surface area contributed by atoms with Crippen LogP contribution in [0.3, 0.4) is 0 Å². The van der Waals surface area contributed by atoms with Crippen molar-refractivity contribution >= 4 is 11.6 Å². The number of nitrogens with zero attached hydrogens (tertiary/aromatic N) is 4. The van der Waals surface area contributed by atoms with Crippen molar-refractivity contribution in [3.63, 3.8) is 0 Å². The van der Waals surface area contributed by atoms with E-state index in [2.05, 4.69) is 26.9 Å². The van der Waals surface area contributed by atoms with Crippen molar-refractivity contribution in [1.82, 2.24) is 19.6 Å². The van der Waals surface area contributed by atoms with Crippen molar-refractivity contribution in [2.45, 2.75) is 0 Å². The number of hydrogen-bond acceptors (Lipinski definition) is 4. The van der Waals surface area contributed by atoms with Crippen LogP contribution in [0.15, 0.2) is 66.7 Å². The van der Waals surface area contributed by atoms with Crippen LogP contribution in [0.2, 0.25) is 0 Å². The maximum absolute atomic E-state index is 6.00. The quantitative estimate of drug-likeness (QED) is 0.549. The molecule has 0 aliphatic rings. The molecule has 4 aromatic rings. The second-order valence-corrected chi connectivity index (χ2v) is 5.19. The van der Waals surface area contributed by atoms with E-state index in [1.165, 1.54) is 4.52 Å². The third-order valence-electron chi connectivity index (χ3n) is 3.51. The van der Waals surface area contributed by atoms with E-state index in [1.54, 1.807) is 0 Å². The van der Waals surface area contributed by atoms with Crippen LogP contribution >= 0.6 is 0 Å². The Kier molecular flexibility index (Phi) is 3.41. The van der Waals surface area contributed by atoms with Crippen molar-refractivity contribution in [1.29, 1.82) is 0 Å². The number of benzene rings is 2. The van der Waals surface area contributed by atoms with Gasteiger partial charge < -0.3 is 5.73 Å². The van der Waals surface area contributed by atoms with Gasteiger partial charge in [0.05, 0.1) is 5.69 Å². The highest BCUT2D eigenvalue weighted by atomic mass is 15.3. The van der Waals surface area contributed by atoms with Gasteiger partial charge in [-0.2, -0.15) is 14.6 Å². The molecule has 0 saturated heterocycles. The zero-order valence-corrected chi connectivity index (χ0v) is 12.7. The van der Waals surface area contributed by atoms with Crippen molar-refractivity contribution in [3.05, 3.63) is 78.1 Å². The summed E-state index contributed by atoms with van der Waals surface area (Å²) in [6.45, 7) is 0. The van der Waals surface area contributed by atoms with Crippen molar-refractivity contribution < 1.29 is 0 Å².